The second-order valence-corrected chi connectivity index (χ2v) is 7.76. The molecule has 2 aromatic carbocycles. The monoisotopic (exact) mass is 405 g/mol. The number of carbonyl (C=O) groups excluding carboxylic acids is 2. The van der Waals surface area contributed by atoms with Gasteiger partial charge in [0.05, 0.1) is 6.61 Å². The second kappa shape index (κ2) is 8.69. The number of aryl methyl sites for hydroxylation is 1. The Hall–Kier alpha value is -3.15. The van der Waals surface area contributed by atoms with Gasteiger partial charge in [0.2, 0.25) is 11.8 Å². The molecule has 2 aromatic rings. The Balaban J connectivity index is 1.41. The summed E-state index contributed by atoms with van der Waals surface area (Å²) in [5, 5.41) is 7.84. The highest BCUT2D eigenvalue weighted by Crippen LogP contribution is 2.32. The van der Waals surface area contributed by atoms with Gasteiger partial charge in [-0.3, -0.25) is 15.0 Å². The summed E-state index contributed by atoms with van der Waals surface area (Å²) in [6, 6.07) is 15.3. The van der Waals surface area contributed by atoms with Gasteiger partial charge in [-0.25, -0.2) is 0 Å². The molecule has 0 unspecified atom stereocenters. The van der Waals surface area contributed by atoms with Crippen molar-refractivity contribution >= 4 is 23.4 Å². The Morgan fingerprint density at radius 1 is 1.03 bits per heavy atom. The van der Waals surface area contributed by atoms with Crippen LogP contribution in [0.3, 0.4) is 0 Å². The fourth-order valence-electron chi connectivity index (χ4n) is 4.36. The number of likely N-dealkylation sites (tertiary alicyclic amines) is 1. The fourth-order valence-corrected chi connectivity index (χ4v) is 4.36. The maximum atomic E-state index is 12.9. The maximum absolute atomic E-state index is 12.9. The van der Waals surface area contributed by atoms with Crippen LogP contribution in [0.15, 0.2) is 48.5 Å². The van der Waals surface area contributed by atoms with Crippen molar-refractivity contribution in [2.75, 3.05) is 24.6 Å². The first kappa shape index (κ1) is 20.1. The van der Waals surface area contributed by atoms with E-state index in [1.165, 1.54) is 5.56 Å². The van der Waals surface area contributed by atoms with Crippen molar-refractivity contribution in [1.29, 1.82) is 5.41 Å². The highest BCUT2D eigenvalue weighted by molar-refractivity contribution is 5.98. The second-order valence-electron chi connectivity index (χ2n) is 7.76. The van der Waals surface area contributed by atoms with E-state index in [-0.39, 0.29) is 23.8 Å². The molecule has 1 saturated heterocycles. The van der Waals surface area contributed by atoms with Crippen LogP contribution >= 0.6 is 0 Å². The zero-order chi connectivity index (χ0) is 21.1. The van der Waals surface area contributed by atoms with Crippen LogP contribution < -0.4 is 4.90 Å². The number of para-hydroxylation sites is 1. The molecule has 6 heteroatoms. The average molecular weight is 405 g/mol. The molecule has 1 N–H and O–H groups in total. The lowest BCUT2D eigenvalue weighted by Gasteiger charge is -2.41. The Bertz CT molecular complexity index is 946. The van der Waals surface area contributed by atoms with Crippen molar-refractivity contribution in [3.05, 3.63) is 65.2 Å². The Labute approximate surface area is 176 Å². The number of carbonyl (C=O) groups is 2. The SMILES string of the molecule is CCOC(=N)c1ccc(C(=O)N2CCC(N3C(=O)CCc4ccccc43)CC2)cc1. The Morgan fingerprint density at radius 2 is 1.70 bits per heavy atom. The van der Waals surface area contributed by atoms with Gasteiger partial charge in [0.1, 0.15) is 0 Å². The van der Waals surface area contributed by atoms with Crippen LogP contribution in [0, 0.1) is 5.41 Å². The summed E-state index contributed by atoms with van der Waals surface area (Å²) in [7, 11) is 0. The molecule has 0 aliphatic carbocycles. The predicted molar refractivity (Wildman–Crippen MR) is 116 cm³/mol. The van der Waals surface area contributed by atoms with Crippen LogP contribution in [0.25, 0.3) is 0 Å². The van der Waals surface area contributed by atoms with Crippen molar-refractivity contribution in [2.24, 2.45) is 0 Å². The Morgan fingerprint density at radius 3 is 2.40 bits per heavy atom. The number of hydrogen-bond donors (Lipinski definition) is 1. The molecule has 0 bridgehead atoms. The molecule has 6 nitrogen and oxygen atoms in total. The van der Waals surface area contributed by atoms with Crippen molar-refractivity contribution in [3.8, 4) is 0 Å². The van der Waals surface area contributed by atoms with Crippen LogP contribution in [-0.2, 0) is 16.0 Å². The standard InChI is InChI=1S/C24H27N3O3/c1-2-30-23(25)18-7-9-19(10-8-18)24(29)26-15-13-20(14-16-26)27-21-6-4-3-5-17(21)11-12-22(27)28/h3-10,20,25H,2,11-16H2,1H3. The molecule has 0 spiro atoms. The molecule has 2 aliphatic heterocycles. The van der Waals surface area contributed by atoms with Crippen LogP contribution in [0.2, 0.25) is 0 Å². The normalized spacial score (nSPS) is 16.9. The highest BCUT2D eigenvalue weighted by atomic mass is 16.5. The van der Waals surface area contributed by atoms with Crippen LogP contribution in [0.4, 0.5) is 5.69 Å². The minimum atomic E-state index is -0.00619. The molecular formula is C24H27N3O3. The lowest BCUT2D eigenvalue weighted by atomic mass is 9.95. The molecular weight excluding hydrogens is 378 g/mol. The van der Waals surface area contributed by atoms with E-state index in [0.29, 0.717) is 37.2 Å². The number of ether oxygens (including phenoxy) is 1. The van der Waals surface area contributed by atoms with Crippen molar-refractivity contribution in [2.45, 2.75) is 38.6 Å². The maximum Gasteiger partial charge on any atom is 0.253 e. The van der Waals surface area contributed by atoms with Crippen molar-refractivity contribution in [3.63, 3.8) is 0 Å². The van der Waals surface area contributed by atoms with E-state index >= 15 is 0 Å². The summed E-state index contributed by atoms with van der Waals surface area (Å²) in [6.07, 6.45) is 2.91. The van der Waals surface area contributed by atoms with E-state index in [0.717, 1.165) is 24.9 Å². The smallest absolute Gasteiger partial charge is 0.253 e. The van der Waals surface area contributed by atoms with E-state index in [9.17, 15) is 9.59 Å². The number of piperidine rings is 1. The van der Waals surface area contributed by atoms with E-state index in [1.54, 1.807) is 24.3 Å². The summed E-state index contributed by atoms with van der Waals surface area (Å²) in [6.45, 7) is 3.54. The molecule has 0 aromatic heterocycles. The molecule has 0 saturated carbocycles. The third kappa shape index (κ3) is 3.95. The molecule has 2 amide bonds. The van der Waals surface area contributed by atoms with Crippen LogP contribution in [0.5, 0.6) is 0 Å². The minimum Gasteiger partial charge on any atom is -0.478 e. The predicted octanol–water partition coefficient (Wildman–Crippen LogP) is 3.63. The summed E-state index contributed by atoms with van der Waals surface area (Å²) < 4.78 is 5.20. The number of rotatable bonds is 4. The summed E-state index contributed by atoms with van der Waals surface area (Å²) >= 11 is 0. The van der Waals surface area contributed by atoms with Crippen molar-refractivity contribution < 1.29 is 14.3 Å². The first-order valence-corrected chi connectivity index (χ1v) is 10.6. The molecule has 1 fully saturated rings. The van der Waals surface area contributed by atoms with Gasteiger partial charge in [0.15, 0.2) is 0 Å². The molecule has 0 atom stereocenters. The summed E-state index contributed by atoms with van der Waals surface area (Å²) in [4.78, 5) is 29.4. The minimum absolute atomic E-state index is 0.00619. The lowest BCUT2D eigenvalue weighted by Crippen LogP contribution is -2.50. The van der Waals surface area contributed by atoms with Gasteiger partial charge in [-0.05, 0) is 62.1 Å². The third-order valence-corrected chi connectivity index (χ3v) is 5.93. The van der Waals surface area contributed by atoms with Gasteiger partial charge in [-0.15, -0.1) is 0 Å². The van der Waals surface area contributed by atoms with Gasteiger partial charge in [0.25, 0.3) is 5.91 Å². The number of nitrogens with zero attached hydrogens (tertiary/aromatic N) is 2. The lowest BCUT2D eigenvalue weighted by molar-refractivity contribution is -0.119. The number of fused-ring (bicyclic) bond motifs is 1. The molecule has 2 heterocycles. The molecule has 4 rings (SSSR count). The van der Waals surface area contributed by atoms with Gasteiger partial charge in [-0.1, -0.05) is 18.2 Å². The zero-order valence-corrected chi connectivity index (χ0v) is 17.3. The quantitative estimate of drug-likeness (QED) is 0.624. The number of nitrogens with one attached hydrogen (secondary N) is 1. The van der Waals surface area contributed by atoms with Gasteiger partial charge < -0.3 is 14.5 Å². The number of amides is 2. The molecule has 156 valence electrons. The molecule has 30 heavy (non-hydrogen) atoms. The van der Waals surface area contributed by atoms with Gasteiger partial charge in [0, 0.05) is 42.4 Å². The highest BCUT2D eigenvalue weighted by Gasteiger charge is 2.33. The van der Waals surface area contributed by atoms with E-state index in [2.05, 4.69) is 6.07 Å². The summed E-state index contributed by atoms with van der Waals surface area (Å²) in [5.41, 5.74) is 3.54. The number of benzene rings is 2. The fraction of sp³-hybridized carbons (Fsp3) is 0.375. The third-order valence-electron chi connectivity index (χ3n) is 5.93. The van der Waals surface area contributed by atoms with E-state index in [4.69, 9.17) is 10.1 Å². The van der Waals surface area contributed by atoms with Crippen LogP contribution in [0.1, 0.15) is 47.7 Å². The van der Waals surface area contributed by atoms with Crippen molar-refractivity contribution in [1.82, 2.24) is 4.90 Å². The van der Waals surface area contributed by atoms with Gasteiger partial charge in [-0.2, -0.15) is 0 Å². The topological polar surface area (TPSA) is 73.7 Å². The number of anilines is 1. The van der Waals surface area contributed by atoms with Crippen LogP contribution in [-0.4, -0.2) is 48.4 Å². The number of hydrogen-bond acceptors (Lipinski definition) is 4. The van der Waals surface area contributed by atoms with E-state index in [1.807, 2.05) is 34.9 Å². The zero-order valence-electron chi connectivity index (χ0n) is 17.3. The molecule has 2 aliphatic rings. The Kier molecular flexibility index (Phi) is 5.84. The summed E-state index contributed by atoms with van der Waals surface area (Å²) in [5.74, 6) is 0.294. The first-order valence-electron chi connectivity index (χ1n) is 10.6. The molecule has 0 radical (unpaired) electrons. The largest absolute Gasteiger partial charge is 0.478 e. The average Bonchev–Trinajstić information content (AvgIpc) is 2.79. The van der Waals surface area contributed by atoms with E-state index < -0.39 is 0 Å². The first-order chi connectivity index (χ1) is 14.6. The van der Waals surface area contributed by atoms with Gasteiger partial charge >= 0.3 is 0 Å².